The van der Waals surface area contributed by atoms with Gasteiger partial charge in [-0.3, -0.25) is 9.78 Å². The number of amides is 1. The summed E-state index contributed by atoms with van der Waals surface area (Å²) in [5.74, 6) is 0.667. The van der Waals surface area contributed by atoms with Gasteiger partial charge in [-0.1, -0.05) is 0 Å². The highest BCUT2D eigenvalue weighted by atomic mass is 127. The summed E-state index contributed by atoms with van der Waals surface area (Å²) in [7, 11) is 0. The number of benzene rings is 1. The minimum Gasteiger partial charge on any atom is -0.457 e. The zero-order valence-corrected chi connectivity index (χ0v) is 10.9. The average Bonchev–Trinajstić information content (AvgIpc) is 2.32. The lowest BCUT2D eigenvalue weighted by Crippen LogP contribution is -2.12. The Morgan fingerprint density at radius 2 is 1.88 bits per heavy atom. The number of halogens is 1. The molecule has 0 aliphatic rings. The molecule has 1 aromatic carbocycles. The van der Waals surface area contributed by atoms with Crippen molar-refractivity contribution < 1.29 is 9.53 Å². The van der Waals surface area contributed by atoms with Crippen LogP contribution >= 0.6 is 22.6 Å². The number of hydrogen-bond acceptors (Lipinski definition) is 3. The number of rotatable bonds is 3. The van der Waals surface area contributed by atoms with Crippen LogP contribution in [0.15, 0.2) is 42.6 Å². The topological polar surface area (TPSA) is 65.2 Å². The quantitative estimate of drug-likeness (QED) is 0.874. The average molecular weight is 340 g/mol. The molecule has 1 heterocycles. The third kappa shape index (κ3) is 3.16. The third-order valence-corrected chi connectivity index (χ3v) is 2.75. The van der Waals surface area contributed by atoms with Crippen LogP contribution in [0.3, 0.4) is 0 Å². The zero-order chi connectivity index (χ0) is 12.3. The van der Waals surface area contributed by atoms with Crippen LogP contribution in [0.2, 0.25) is 0 Å². The van der Waals surface area contributed by atoms with E-state index in [1.54, 1.807) is 6.07 Å². The molecule has 2 N–H and O–H groups in total. The van der Waals surface area contributed by atoms with Gasteiger partial charge >= 0.3 is 0 Å². The van der Waals surface area contributed by atoms with E-state index in [-0.39, 0.29) is 5.69 Å². The predicted octanol–water partition coefficient (Wildman–Crippen LogP) is 2.58. The lowest BCUT2D eigenvalue weighted by Gasteiger charge is -2.05. The Balaban J connectivity index is 2.21. The van der Waals surface area contributed by atoms with E-state index in [0.717, 1.165) is 3.57 Å². The number of primary amides is 1. The number of carbonyl (C=O) groups is 1. The molecule has 17 heavy (non-hydrogen) atoms. The van der Waals surface area contributed by atoms with Crippen molar-refractivity contribution in [2.75, 3.05) is 0 Å². The summed E-state index contributed by atoms with van der Waals surface area (Å²) < 4.78 is 6.70. The Morgan fingerprint density at radius 3 is 2.53 bits per heavy atom. The summed E-state index contributed by atoms with van der Waals surface area (Å²) in [4.78, 5) is 14.8. The molecule has 0 fully saturated rings. The van der Waals surface area contributed by atoms with Crippen molar-refractivity contribution in [1.82, 2.24) is 4.98 Å². The van der Waals surface area contributed by atoms with Crippen LogP contribution in [0.5, 0.6) is 11.5 Å². The van der Waals surface area contributed by atoms with E-state index < -0.39 is 5.91 Å². The van der Waals surface area contributed by atoms with Crippen molar-refractivity contribution in [3.8, 4) is 11.5 Å². The largest absolute Gasteiger partial charge is 0.457 e. The molecule has 0 aliphatic carbocycles. The van der Waals surface area contributed by atoms with Crippen molar-refractivity contribution in [2.24, 2.45) is 5.73 Å². The van der Waals surface area contributed by atoms with E-state index in [0.29, 0.717) is 11.5 Å². The lowest BCUT2D eigenvalue weighted by atomic mass is 10.3. The van der Waals surface area contributed by atoms with Gasteiger partial charge < -0.3 is 10.5 Å². The minimum atomic E-state index is -0.571. The predicted molar refractivity (Wildman–Crippen MR) is 72.0 cm³/mol. The fraction of sp³-hybridized carbons (Fsp3) is 0. The van der Waals surface area contributed by atoms with E-state index in [2.05, 4.69) is 27.6 Å². The fourth-order valence-electron chi connectivity index (χ4n) is 1.25. The molecule has 0 saturated carbocycles. The fourth-order valence-corrected chi connectivity index (χ4v) is 1.61. The number of pyridine rings is 1. The number of aromatic nitrogens is 1. The van der Waals surface area contributed by atoms with E-state index in [9.17, 15) is 4.79 Å². The van der Waals surface area contributed by atoms with E-state index in [1.165, 1.54) is 12.3 Å². The Kier molecular flexibility index (Phi) is 3.58. The minimum absolute atomic E-state index is 0.188. The standard InChI is InChI=1S/C12H9IN2O2/c13-8-1-3-9(4-2-8)17-10-5-6-15-11(7-10)12(14)16/h1-7H,(H2,14,16). The first-order chi connectivity index (χ1) is 8.15. The van der Waals surface area contributed by atoms with Gasteiger partial charge in [0.15, 0.2) is 0 Å². The first kappa shape index (κ1) is 11.8. The molecule has 0 atom stereocenters. The summed E-state index contributed by atoms with van der Waals surface area (Å²) in [6.07, 6.45) is 1.49. The molecule has 1 aromatic heterocycles. The third-order valence-electron chi connectivity index (χ3n) is 2.03. The van der Waals surface area contributed by atoms with E-state index in [4.69, 9.17) is 10.5 Å². The summed E-state index contributed by atoms with van der Waals surface area (Å²) in [6, 6.07) is 10.8. The maximum atomic E-state index is 11.0. The zero-order valence-electron chi connectivity index (χ0n) is 8.76. The van der Waals surface area contributed by atoms with Gasteiger partial charge in [0.1, 0.15) is 17.2 Å². The van der Waals surface area contributed by atoms with Crippen molar-refractivity contribution >= 4 is 28.5 Å². The van der Waals surface area contributed by atoms with Crippen LogP contribution in [0.4, 0.5) is 0 Å². The number of nitrogens with two attached hydrogens (primary N) is 1. The number of hydrogen-bond donors (Lipinski definition) is 1. The number of carbonyl (C=O) groups excluding carboxylic acids is 1. The Morgan fingerprint density at radius 1 is 1.18 bits per heavy atom. The number of nitrogens with zero attached hydrogens (tertiary/aromatic N) is 1. The van der Waals surface area contributed by atoms with Gasteiger partial charge in [-0.15, -0.1) is 0 Å². The highest BCUT2D eigenvalue weighted by Gasteiger charge is 2.04. The van der Waals surface area contributed by atoms with Crippen LogP contribution < -0.4 is 10.5 Å². The normalized spacial score (nSPS) is 9.94. The van der Waals surface area contributed by atoms with E-state index >= 15 is 0 Å². The molecule has 0 unspecified atom stereocenters. The Hall–Kier alpha value is -1.63. The molecule has 0 spiro atoms. The number of ether oxygens (including phenoxy) is 1. The molecular formula is C12H9IN2O2. The highest BCUT2D eigenvalue weighted by molar-refractivity contribution is 14.1. The summed E-state index contributed by atoms with van der Waals surface area (Å²) in [5.41, 5.74) is 5.33. The monoisotopic (exact) mass is 340 g/mol. The lowest BCUT2D eigenvalue weighted by molar-refractivity contribution is 0.0995. The molecule has 4 nitrogen and oxygen atoms in total. The van der Waals surface area contributed by atoms with Gasteiger partial charge in [-0.05, 0) is 52.9 Å². The Bertz CT molecular complexity index is 540. The van der Waals surface area contributed by atoms with Crippen LogP contribution in [0.25, 0.3) is 0 Å². The summed E-state index contributed by atoms with van der Waals surface area (Å²) >= 11 is 2.21. The second-order valence-electron chi connectivity index (χ2n) is 3.30. The summed E-state index contributed by atoms with van der Waals surface area (Å²) in [5, 5.41) is 0. The first-order valence-electron chi connectivity index (χ1n) is 4.84. The van der Waals surface area contributed by atoms with Gasteiger partial charge in [-0.2, -0.15) is 0 Å². The maximum Gasteiger partial charge on any atom is 0.267 e. The van der Waals surface area contributed by atoms with Crippen LogP contribution in [-0.2, 0) is 0 Å². The van der Waals surface area contributed by atoms with Crippen molar-refractivity contribution in [2.45, 2.75) is 0 Å². The molecule has 5 heteroatoms. The molecule has 0 aliphatic heterocycles. The van der Waals surface area contributed by atoms with Crippen LogP contribution in [0, 0.1) is 3.57 Å². The molecule has 0 radical (unpaired) electrons. The van der Waals surface area contributed by atoms with Crippen molar-refractivity contribution in [3.05, 3.63) is 51.9 Å². The molecule has 2 rings (SSSR count). The highest BCUT2D eigenvalue weighted by Crippen LogP contribution is 2.22. The van der Waals surface area contributed by atoms with Crippen molar-refractivity contribution in [1.29, 1.82) is 0 Å². The van der Waals surface area contributed by atoms with Crippen molar-refractivity contribution in [3.63, 3.8) is 0 Å². The Labute approximate surface area is 112 Å². The van der Waals surface area contributed by atoms with Gasteiger partial charge in [0.2, 0.25) is 0 Å². The van der Waals surface area contributed by atoms with Gasteiger partial charge in [0, 0.05) is 15.8 Å². The molecule has 1 amide bonds. The van der Waals surface area contributed by atoms with Gasteiger partial charge in [0.05, 0.1) is 0 Å². The van der Waals surface area contributed by atoms with Gasteiger partial charge in [0.25, 0.3) is 5.91 Å². The van der Waals surface area contributed by atoms with E-state index in [1.807, 2.05) is 24.3 Å². The van der Waals surface area contributed by atoms with Crippen LogP contribution in [-0.4, -0.2) is 10.9 Å². The van der Waals surface area contributed by atoms with Crippen LogP contribution in [0.1, 0.15) is 10.5 Å². The SMILES string of the molecule is NC(=O)c1cc(Oc2ccc(I)cc2)ccn1. The second-order valence-corrected chi connectivity index (χ2v) is 4.54. The molecular weight excluding hydrogens is 331 g/mol. The first-order valence-corrected chi connectivity index (χ1v) is 5.92. The maximum absolute atomic E-state index is 11.0. The molecule has 0 saturated heterocycles. The van der Waals surface area contributed by atoms with Gasteiger partial charge in [-0.25, -0.2) is 0 Å². The molecule has 2 aromatic rings. The molecule has 86 valence electrons. The molecule has 0 bridgehead atoms. The second kappa shape index (κ2) is 5.13. The summed E-state index contributed by atoms with van der Waals surface area (Å²) in [6.45, 7) is 0. The smallest absolute Gasteiger partial charge is 0.267 e.